The summed E-state index contributed by atoms with van der Waals surface area (Å²) in [6, 6.07) is 19.9. The maximum atomic E-state index is 13.8. The van der Waals surface area contributed by atoms with E-state index in [0.717, 1.165) is 0 Å². The number of hydrogen-bond acceptors (Lipinski definition) is 6. The molecule has 0 radical (unpaired) electrons. The van der Waals surface area contributed by atoms with Crippen LogP contribution < -0.4 is 38.9 Å². The second-order valence-electron chi connectivity index (χ2n) is 9.50. The van der Waals surface area contributed by atoms with Crippen molar-refractivity contribution in [1.29, 1.82) is 0 Å². The number of guanidine groups is 1. The van der Waals surface area contributed by atoms with Crippen LogP contribution in [-0.4, -0.2) is 42.2 Å². The van der Waals surface area contributed by atoms with Crippen LogP contribution in [0.2, 0.25) is 0 Å². The lowest BCUT2D eigenvalue weighted by Gasteiger charge is -2.25. The Morgan fingerprint density at radius 1 is 0.690 bits per heavy atom. The quantitative estimate of drug-likeness (QED) is 0.0843. The van der Waals surface area contributed by atoms with E-state index >= 15 is 0 Å². The zero-order valence-electron chi connectivity index (χ0n) is 23.0. The molecule has 3 aromatic carbocycles. The Morgan fingerprint density at radius 3 is 1.95 bits per heavy atom. The number of carbonyl (C=O) groups excluding carboxylic acids is 4. The summed E-state index contributed by atoms with van der Waals surface area (Å²) in [5, 5.41) is 8.13. The number of nitrogens with two attached hydrogens (primary N) is 4. The first-order chi connectivity index (χ1) is 20.2. The lowest BCUT2D eigenvalue weighted by atomic mass is 10.0. The van der Waals surface area contributed by atoms with Crippen molar-refractivity contribution in [2.75, 3.05) is 6.54 Å². The van der Waals surface area contributed by atoms with E-state index in [1.165, 1.54) is 0 Å². The smallest absolute Gasteiger partial charge is 0.252 e. The maximum absolute atomic E-state index is 13.8. The molecule has 0 unspecified atom stereocenters. The van der Waals surface area contributed by atoms with Crippen LogP contribution in [0.3, 0.4) is 0 Å². The van der Waals surface area contributed by atoms with Gasteiger partial charge in [-0.05, 0) is 61.2 Å². The molecule has 3 atom stereocenters. The molecule has 42 heavy (non-hydrogen) atoms. The molecule has 0 bridgehead atoms. The molecule has 0 fully saturated rings. The fourth-order valence-corrected chi connectivity index (χ4v) is 4.25. The molecule has 0 aliphatic heterocycles. The van der Waals surface area contributed by atoms with Gasteiger partial charge in [0.25, 0.3) is 5.91 Å². The Bertz CT molecular complexity index is 1390. The van der Waals surface area contributed by atoms with Gasteiger partial charge in [0, 0.05) is 5.56 Å². The average Bonchev–Trinajstić information content (AvgIpc) is 2.98. The van der Waals surface area contributed by atoms with Crippen molar-refractivity contribution in [1.82, 2.24) is 16.0 Å². The van der Waals surface area contributed by atoms with Crippen molar-refractivity contribution in [3.05, 3.63) is 102 Å². The van der Waals surface area contributed by atoms with Crippen LogP contribution in [0.4, 0.5) is 5.69 Å². The van der Waals surface area contributed by atoms with E-state index in [1.54, 1.807) is 84.9 Å². The SMILES string of the molecule is NCCCC[C@H](NC(=O)[C@@H](NC(=O)c1ccccc1)c1cccc(N=C(N)N)c1)C(=O)N[C@H](C(N)=O)c1ccccc1. The van der Waals surface area contributed by atoms with Gasteiger partial charge in [0.05, 0.1) is 5.69 Å². The molecule has 12 heteroatoms. The summed E-state index contributed by atoms with van der Waals surface area (Å²) in [6.45, 7) is 0.392. The number of carbonyl (C=O) groups is 4. The lowest BCUT2D eigenvalue weighted by Crippen LogP contribution is -2.52. The Balaban J connectivity index is 1.91. The van der Waals surface area contributed by atoms with Gasteiger partial charge in [-0.15, -0.1) is 0 Å². The summed E-state index contributed by atoms with van der Waals surface area (Å²) >= 11 is 0. The second-order valence-corrected chi connectivity index (χ2v) is 9.50. The largest absolute Gasteiger partial charge is 0.370 e. The summed E-state index contributed by atoms with van der Waals surface area (Å²) in [6.07, 6.45) is 1.34. The van der Waals surface area contributed by atoms with E-state index in [2.05, 4.69) is 20.9 Å². The Kier molecular flexibility index (Phi) is 11.6. The first kappa shape index (κ1) is 31.3. The molecule has 3 aromatic rings. The third-order valence-electron chi connectivity index (χ3n) is 6.32. The molecule has 0 aliphatic carbocycles. The van der Waals surface area contributed by atoms with Crippen molar-refractivity contribution in [3.8, 4) is 0 Å². The summed E-state index contributed by atoms with van der Waals surface area (Å²) in [7, 11) is 0. The second kappa shape index (κ2) is 15.5. The fourth-order valence-electron chi connectivity index (χ4n) is 4.25. The van der Waals surface area contributed by atoms with Crippen LogP contribution in [0.5, 0.6) is 0 Å². The van der Waals surface area contributed by atoms with Crippen LogP contribution in [0.25, 0.3) is 0 Å². The van der Waals surface area contributed by atoms with Gasteiger partial charge in [-0.2, -0.15) is 0 Å². The van der Waals surface area contributed by atoms with Gasteiger partial charge < -0.3 is 38.9 Å². The summed E-state index contributed by atoms with van der Waals surface area (Å²) in [4.78, 5) is 56.6. The highest BCUT2D eigenvalue weighted by molar-refractivity contribution is 5.99. The summed E-state index contributed by atoms with van der Waals surface area (Å²) in [5.41, 5.74) is 23.8. The molecular weight excluding hydrogens is 536 g/mol. The van der Waals surface area contributed by atoms with Crippen molar-refractivity contribution < 1.29 is 19.2 Å². The van der Waals surface area contributed by atoms with E-state index in [1.807, 2.05) is 0 Å². The predicted molar refractivity (Wildman–Crippen MR) is 160 cm³/mol. The molecule has 0 spiro atoms. The number of rotatable bonds is 14. The number of primary amides is 1. The maximum Gasteiger partial charge on any atom is 0.252 e. The zero-order valence-corrected chi connectivity index (χ0v) is 23.0. The minimum absolute atomic E-state index is 0.180. The Morgan fingerprint density at radius 2 is 1.33 bits per heavy atom. The highest BCUT2D eigenvalue weighted by Crippen LogP contribution is 2.22. The number of amides is 4. The molecule has 0 aliphatic rings. The molecule has 0 aromatic heterocycles. The van der Waals surface area contributed by atoms with Crippen LogP contribution in [-0.2, 0) is 14.4 Å². The monoisotopic (exact) mass is 572 g/mol. The van der Waals surface area contributed by atoms with Crippen molar-refractivity contribution in [2.24, 2.45) is 27.9 Å². The van der Waals surface area contributed by atoms with E-state index in [0.29, 0.717) is 41.8 Å². The number of unbranched alkanes of at least 4 members (excludes halogenated alkanes) is 1. The van der Waals surface area contributed by atoms with E-state index in [9.17, 15) is 19.2 Å². The number of nitrogens with zero attached hydrogens (tertiary/aromatic N) is 1. The molecule has 3 rings (SSSR count). The normalized spacial score (nSPS) is 12.7. The highest BCUT2D eigenvalue weighted by atomic mass is 16.2. The Labute approximate surface area is 243 Å². The van der Waals surface area contributed by atoms with Crippen molar-refractivity contribution in [3.63, 3.8) is 0 Å². The van der Waals surface area contributed by atoms with Gasteiger partial charge in [-0.25, -0.2) is 4.99 Å². The summed E-state index contributed by atoms with van der Waals surface area (Å²) in [5.74, 6) is -2.73. The summed E-state index contributed by atoms with van der Waals surface area (Å²) < 4.78 is 0. The number of aliphatic imine (C=N–C) groups is 1. The molecule has 12 nitrogen and oxygen atoms in total. The third kappa shape index (κ3) is 9.17. The average molecular weight is 573 g/mol. The van der Waals surface area contributed by atoms with Gasteiger partial charge in [0.15, 0.2) is 5.96 Å². The molecule has 11 N–H and O–H groups in total. The minimum Gasteiger partial charge on any atom is -0.370 e. The molecule has 220 valence electrons. The number of nitrogens with one attached hydrogen (secondary N) is 3. The first-order valence-electron chi connectivity index (χ1n) is 13.4. The molecule has 4 amide bonds. The van der Waals surface area contributed by atoms with Crippen LogP contribution in [0.1, 0.15) is 52.8 Å². The molecular formula is C30H36N8O4. The molecule has 0 saturated carbocycles. The van der Waals surface area contributed by atoms with Crippen LogP contribution in [0, 0.1) is 0 Å². The minimum atomic E-state index is -1.22. The highest BCUT2D eigenvalue weighted by Gasteiger charge is 2.30. The predicted octanol–water partition coefficient (Wildman–Crippen LogP) is 1.02. The van der Waals surface area contributed by atoms with Gasteiger partial charge in [-0.1, -0.05) is 60.7 Å². The van der Waals surface area contributed by atoms with Gasteiger partial charge in [-0.3, -0.25) is 19.2 Å². The fraction of sp³-hybridized carbons (Fsp3) is 0.233. The van der Waals surface area contributed by atoms with Crippen LogP contribution in [0.15, 0.2) is 89.9 Å². The standard InChI is InChI=1S/C30H36N8O4/c31-17-8-7-16-23(28(41)37-24(26(32)39)19-10-3-1-4-11-19)36-29(42)25(38-27(40)20-12-5-2-6-13-20)21-14-9-15-22(18-21)35-30(33)34/h1-6,9-15,18,23-25H,7-8,16-17,31H2,(H2,32,39)(H,36,42)(H,37,41)(H,38,40)(H4,33,34,35)/t23-,24-,25-/m0/s1. The topological polar surface area (TPSA) is 221 Å². The Hall–Kier alpha value is -5.23. The van der Waals surface area contributed by atoms with Crippen LogP contribution >= 0.6 is 0 Å². The first-order valence-corrected chi connectivity index (χ1v) is 13.4. The van der Waals surface area contributed by atoms with Gasteiger partial charge in [0.2, 0.25) is 17.7 Å². The van der Waals surface area contributed by atoms with E-state index in [-0.39, 0.29) is 12.4 Å². The van der Waals surface area contributed by atoms with E-state index in [4.69, 9.17) is 22.9 Å². The lowest BCUT2D eigenvalue weighted by molar-refractivity contribution is -0.132. The van der Waals surface area contributed by atoms with Crippen molar-refractivity contribution >= 4 is 35.3 Å². The van der Waals surface area contributed by atoms with Crippen molar-refractivity contribution in [2.45, 2.75) is 37.4 Å². The van der Waals surface area contributed by atoms with Gasteiger partial charge in [0.1, 0.15) is 18.1 Å². The van der Waals surface area contributed by atoms with Gasteiger partial charge >= 0.3 is 0 Å². The van der Waals surface area contributed by atoms with E-state index < -0.39 is 41.8 Å². The number of benzene rings is 3. The molecule has 0 saturated heterocycles. The zero-order chi connectivity index (χ0) is 30.5. The third-order valence-corrected chi connectivity index (χ3v) is 6.32. The number of hydrogen-bond donors (Lipinski definition) is 7. The molecule has 0 heterocycles.